The molecule has 0 bridgehead atoms. The van der Waals surface area contributed by atoms with Crippen LogP contribution in [-0.4, -0.2) is 37.2 Å². The minimum absolute atomic E-state index is 0.00151. The summed E-state index contributed by atoms with van der Waals surface area (Å²) in [6, 6.07) is 11.7. The summed E-state index contributed by atoms with van der Waals surface area (Å²) in [5.74, 6) is -0.224. The lowest BCUT2D eigenvalue weighted by molar-refractivity contribution is -0.384. The van der Waals surface area contributed by atoms with Gasteiger partial charge in [0.1, 0.15) is 11.4 Å². The van der Waals surface area contributed by atoms with Crippen molar-refractivity contribution in [2.24, 2.45) is 0 Å². The van der Waals surface area contributed by atoms with Crippen molar-refractivity contribution in [1.82, 2.24) is 0 Å². The molecule has 3 rings (SSSR count). The van der Waals surface area contributed by atoms with E-state index in [1.54, 1.807) is 24.3 Å². The predicted octanol–water partition coefficient (Wildman–Crippen LogP) is 3.95. The fourth-order valence-corrected chi connectivity index (χ4v) is 3.06. The van der Waals surface area contributed by atoms with Crippen molar-refractivity contribution in [3.8, 4) is 5.75 Å². The molecule has 0 amide bonds. The van der Waals surface area contributed by atoms with Crippen LogP contribution >= 0.6 is 0 Å². The molecule has 1 aliphatic rings. The number of anilines is 1. The van der Waals surface area contributed by atoms with Gasteiger partial charge in [-0.2, -0.15) is 0 Å². The molecule has 2 aromatic rings. The summed E-state index contributed by atoms with van der Waals surface area (Å²) in [4.78, 5) is 25.4. The van der Waals surface area contributed by atoms with E-state index in [0.717, 1.165) is 5.56 Å². The molecule has 28 heavy (non-hydrogen) atoms. The number of benzene rings is 2. The zero-order chi connectivity index (χ0) is 20.3. The maximum Gasteiger partial charge on any atom is 0.343 e. The fourth-order valence-electron chi connectivity index (χ4n) is 3.06. The van der Waals surface area contributed by atoms with Gasteiger partial charge in [0.05, 0.1) is 23.7 Å². The molecule has 0 unspecified atom stereocenters. The fraction of sp³-hybridized carbons (Fsp3) is 0.381. The van der Waals surface area contributed by atoms with Gasteiger partial charge in [-0.05, 0) is 35.2 Å². The van der Waals surface area contributed by atoms with Crippen LogP contribution in [0.5, 0.6) is 5.75 Å². The number of hydrogen-bond acceptors (Lipinski definition) is 6. The number of nitro groups is 1. The van der Waals surface area contributed by atoms with Crippen molar-refractivity contribution in [2.75, 3.05) is 31.2 Å². The zero-order valence-corrected chi connectivity index (χ0v) is 16.3. The summed E-state index contributed by atoms with van der Waals surface area (Å²) in [5, 5.41) is 11.5. The highest BCUT2D eigenvalue weighted by molar-refractivity contribution is 5.93. The molecule has 0 N–H and O–H groups in total. The Kier molecular flexibility index (Phi) is 5.65. The average Bonchev–Trinajstić information content (AvgIpc) is 2.68. The molecule has 1 aliphatic heterocycles. The number of morpholine rings is 1. The van der Waals surface area contributed by atoms with Crippen LogP contribution in [0.3, 0.4) is 0 Å². The van der Waals surface area contributed by atoms with Gasteiger partial charge in [-0.15, -0.1) is 0 Å². The van der Waals surface area contributed by atoms with Crippen molar-refractivity contribution >= 4 is 17.3 Å². The van der Waals surface area contributed by atoms with E-state index in [1.165, 1.54) is 6.07 Å². The third-order valence-electron chi connectivity index (χ3n) is 4.69. The topological polar surface area (TPSA) is 81.9 Å². The SMILES string of the molecule is CC(C)(C)c1ccc(OC(=O)c2ccc(N3CCOCC3)c([N+](=O)[O-])c2)cc1. The van der Waals surface area contributed by atoms with E-state index in [4.69, 9.17) is 9.47 Å². The summed E-state index contributed by atoms with van der Waals surface area (Å²) < 4.78 is 10.7. The Bertz CT molecular complexity index is 865. The second-order valence-electron chi connectivity index (χ2n) is 7.72. The molecule has 0 aromatic heterocycles. The maximum atomic E-state index is 12.5. The van der Waals surface area contributed by atoms with Crippen molar-refractivity contribution in [2.45, 2.75) is 26.2 Å². The van der Waals surface area contributed by atoms with Crippen LogP contribution in [0.15, 0.2) is 42.5 Å². The van der Waals surface area contributed by atoms with E-state index >= 15 is 0 Å². The Balaban J connectivity index is 1.80. The van der Waals surface area contributed by atoms with Gasteiger partial charge in [-0.1, -0.05) is 32.9 Å². The number of esters is 1. The number of carbonyl (C=O) groups is 1. The first kappa shape index (κ1) is 19.8. The molecular formula is C21H24N2O5. The maximum absolute atomic E-state index is 12.5. The molecule has 1 heterocycles. The van der Waals surface area contributed by atoms with Gasteiger partial charge in [-0.25, -0.2) is 4.79 Å². The standard InChI is InChI=1S/C21H24N2O5/c1-21(2,3)16-5-7-17(8-6-16)28-20(24)15-4-9-18(19(14-15)23(25)26)22-10-12-27-13-11-22/h4-9,14H,10-13H2,1-3H3. The first-order valence-electron chi connectivity index (χ1n) is 9.19. The molecule has 0 spiro atoms. The number of hydrogen-bond donors (Lipinski definition) is 0. The number of rotatable bonds is 4. The van der Waals surface area contributed by atoms with E-state index < -0.39 is 10.9 Å². The molecule has 2 aromatic carbocycles. The molecule has 148 valence electrons. The van der Waals surface area contributed by atoms with E-state index in [-0.39, 0.29) is 16.7 Å². The average molecular weight is 384 g/mol. The molecule has 0 radical (unpaired) electrons. The van der Waals surface area contributed by atoms with Gasteiger partial charge < -0.3 is 14.4 Å². The predicted molar refractivity (Wildman–Crippen MR) is 106 cm³/mol. The van der Waals surface area contributed by atoms with Crippen LogP contribution in [-0.2, 0) is 10.2 Å². The normalized spacial score (nSPS) is 14.6. The van der Waals surface area contributed by atoms with Crippen LogP contribution in [0.2, 0.25) is 0 Å². The van der Waals surface area contributed by atoms with Gasteiger partial charge >= 0.3 is 5.97 Å². The molecule has 0 aliphatic carbocycles. The summed E-state index contributed by atoms with van der Waals surface area (Å²) >= 11 is 0. The summed E-state index contributed by atoms with van der Waals surface area (Å²) in [5.41, 5.74) is 1.64. The lowest BCUT2D eigenvalue weighted by atomic mass is 9.87. The second-order valence-corrected chi connectivity index (χ2v) is 7.72. The quantitative estimate of drug-likeness (QED) is 0.344. The number of carbonyl (C=O) groups excluding carboxylic acids is 1. The highest BCUT2D eigenvalue weighted by atomic mass is 16.6. The first-order chi connectivity index (χ1) is 13.3. The minimum atomic E-state index is -0.625. The van der Waals surface area contributed by atoms with E-state index in [2.05, 4.69) is 20.8 Å². The molecule has 7 nitrogen and oxygen atoms in total. The lowest BCUT2D eigenvalue weighted by Crippen LogP contribution is -2.36. The second kappa shape index (κ2) is 7.98. The van der Waals surface area contributed by atoms with Crippen LogP contribution in [0.25, 0.3) is 0 Å². The smallest absolute Gasteiger partial charge is 0.343 e. The Morgan fingerprint density at radius 3 is 2.32 bits per heavy atom. The largest absolute Gasteiger partial charge is 0.423 e. The van der Waals surface area contributed by atoms with Crippen molar-refractivity contribution in [3.63, 3.8) is 0 Å². The summed E-state index contributed by atoms with van der Waals surface area (Å²) in [6.07, 6.45) is 0. The zero-order valence-electron chi connectivity index (χ0n) is 16.3. The van der Waals surface area contributed by atoms with Gasteiger partial charge in [0.2, 0.25) is 0 Å². The Morgan fingerprint density at radius 1 is 1.11 bits per heavy atom. The molecule has 1 fully saturated rings. The first-order valence-corrected chi connectivity index (χ1v) is 9.19. The minimum Gasteiger partial charge on any atom is -0.423 e. The molecule has 7 heteroatoms. The molecule has 1 saturated heterocycles. The van der Waals surface area contributed by atoms with Gasteiger partial charge in [0.25, 0.3) is 5.69 Å². The van der Waals surface area contributed by atoms with E-state index in [0.29, 0.717) is 37.7 Å². The lowest BCUT2D eigenvalue weighted by Gasteiger charge is -2.28. The molecular weight excluding hydrogens is 360 g/mol. The Labute approximate surface area is 164 Å². The van der Waals surface area contributed by atoms with Gasteiger partial charge in [-0.3, -0.25) is 10.1 Å². The highest BCUT2D eigenvalue weighted by Gasteiger charge is 2.24. The van der Waals surface area contributed by atoms with Gasteiger partial charge in [0.15, 0.2) is 0 Å². The third kappa shape index (κ3) is 4.48. The van der Waals surface area contributed by atoms with Crippen LogP contribution in [0, 0.1) is 10.1 Å². The van der Waals surface area contributed by atoms with Crippen molar-refractivity contribution in [3.05, 3.63) is 63.7 Å². The Hall–Kier alpha value is -2.93. The van der Waals surface area contributed by atoms with Gasteiger partial charge in [0, 0.05) is 19.2 Å². The van der Waals surface area contributed by atoms with Crippen molar-refractivity contribution < 1.29 is 19.2 Å². The van der Waals surface area contributed by atoms with Crippen molar-refractivity contribution in [1.29, 1.82) is 0 Å². The molecule has 0 saturated carbocycles. The highest BCUT2D eigenvalue weighted by Crippen LogP contribution is 2.30. The third-order valence-corrected chi connectivity index (χ3v) is 4.69. The molecule has 0 atom stereocenters. The number of ether oxygens (including phenoxy) is 2. The summed E-state index contributed by atoms with van der Waals surface area (Å²) in [7, 11) is 0. The van der Waals surface area contributed by atoms with Crippen LogP contribution in [0.1, 0.15) is 36.7 Å². The monoisotopic (exact) mass is 384 g/mol. The van der Waals surface area contributed by atoms with E-state index in [1.807, 2.05) is 17.0 Å². The summed E-state index contributed by atoms with van der Waals surface area (Å²) in [6.45, 7) is 8.49. The van der Waals surface area contributed by atoms with Crippen LogP contribution < -0.4 is 9.64 Å². The van der Waals surface area contributed by atoms with E-state index in [9.17, 15) is 14.9 Å². The number of nitrogens with zero attached hydrogens (tertiary/aromatic N) is 2. The van der Waals surface area contributed by atoms with Crippen LogP contribution in [0.4, 0.5) is 11.4 Å². The number of nitro benzene ring substituents is 1. The Morgan fingerprint density at radius 2 is 1.75 bits per heavy atom.